The zero-order valence-corrected chi connectivity index (χ0v) is 11.2. The first-order valence-corrected chi connectivity index (χ1v) is 5.82. The second-order valence-electron chi connectivity index (χ2n) is 3.74. The van der Waals surface area contributed by atoms with Crippen molar-refractivity contribution in [2.24, 2.45) is 0 Å². The van der Waals surface area contributed by atoms with Crippen LogP contribution in [-0.4, -0.2) is 37.2 Å². The zero-order chi connectivity index (χ0) is 11.6. The van der Waals surface area contributed by atoms with Gasteiger partial charge in [0.1, 0.15) is 0 Å². The molecule has 0 amide bonds. The Morgan fingerprint density at radius 2 is 1.64 bits per heavy atom. The minimum absolute atomic E-state index is 0.313. The van der Waals surface area contributed by atoms with Crippen molar-refractivity contribution >= 4 is 0 Å². The lowest BCUT2D eigenvalue weighted by Crippen LogP contribution is -2.44. The Morgan fingerprint density at radius 1 is 1.14 bits per heavy atom. The maximum Gasteiger partial charge on any atom is 0.0589 e. The van der Waals surface area contributed by atoms with Crippen LogP contribution in [0.5, 0.6) is 0 Å². The summed E-state index contributed by atoms with van der Waals surface area (Å²) < 4.78 is 5.07. The van der Waals surface area contributed by atoms with E-state index >= 15 is 0 Å². The van der Waals surface area contributed by atoms with E-state index in [4.69, 9.17) is 4.74 Å². The molecule has 0 bridgehead atoms. The van der Waals surface area contributed by atoms with Crippen LogP contribution in [0.25, 0.3) is 0 Å². The first-order valence-electron chi connectivity index (χ1n) is 5.82. The molecule has 0 atom stereocenters. The molecule has 2 heteroatoms. The molecule has 0 aliphatic rings. The molecule has 0 aromatic carbocycles. The quantitative estimate of drug-likeness (QED) is 0.657. The van der Waals surface area contributed by atoms with E-state index in [1.54, 1.807) is 7.11 Å². The van der Waals surface area contributed by atoms with Crippen LogP contribution in [0, 0.1) is 0 Å². The van der Waals surface area contributed by atoms with Gasteiger partial charge in [-0.25, -0.2) is 0 Å². The van der Waals surface area contributed by atoms with E-state index in [-0.39, 0.29) is 0 Å². The molecule has 14 heavy (non-hydrogen) atoms. The Morgan fingerprint density at radius 3 is 1.93 bits per heavy atom. The summed E-state index contributed by atoms with van der Waals surface area (Å²) in [6, 6.07) is 0. The van der Waals surface area contributed by atoms with Gasteiger partial charge in [-0.3, -0.25) is 4.90 Å². The average Bonchev–Trinajstić information content (AvgIpc) is 2.22. The Balaban J connectivity index is 0. The van der Waals surface area contributed by atoms with E-state index in [0.29, 0.717) is 5.54 Å². The van der Waals surface area contributed by atoms with Gasteiger partial charge in [0, 0.05) is 19.2 Å². The molecule has 0 aromatic rings. The van der Waals surface area contributed by atoms with Crippen LogP contribution >= 0.6 is 0 Å². The topological polar surface area (TPSA) is 12.5 Å². The summed E-state index contributed by atoms with van der Waals surface area (Å²) in [5, 5.41) is 0. The number of rotatable bonds is 6. The van der Waals surface area contributed by atoms with Crippen molar-refractivity contribution in [2.75, 3.05) is 26.8 Å². The molecule has 0 aromatic heterocycles. The van der Waals surface area contributed by atoms with Crippen molar-refractivity contribution in [3.05, 3.63) is 0 Å². The minimum Gasteiger partial charge on any atom is -0.383 e. The standard InChI is InChI=1S/C10H23NO.C2H6/c1-6-10(3,4)11(7-2)8-9-12-5;1-2/h6-9H2,1-5H3;1-2H3. The molecule has 88 valence electrons. The SMILES string of the molecule is CC.CCN(CCOC)C(C)(C)CC. The molecule has 0 heterocycles. The van der Waals surface area contributed by atoms with E-state index < -0.39 is 0 Å². The highest BCUT2D eigenvalue weighted by Gasteiger charge is 2.22. The maximum absolute atomic E-state index is 5.07. The number of hydrogen-bond acceptors (Lipinski definition) is 2. The van der Waals surface area contributed by atoms with Gasteiger partial charge in [0.25, 0.3) is 0 Å². The number of methoxy groups -OCH3 is 1. The predicted molar refractivity (Wildman–Crippen MR) is 64.8 cm³/mol. The molecule has 2 nitrogen and oxygen atoms in total. The van der Waals surface area contributed by atoms with Crippen molar-refractivity contribution < 1.29 is 4.74 Å². The highest BCUT2D eigenvalue weighted by Crippen LogP contribution is 2.17. The van der Waals surface area contributed by atoms with Gasteiger partial charge < -0.3 is 4.74 Å². The third kappa shape index (κ3) is 6.39. The fraction of sp³-hybridized carbons (Fsp3) is 1.00. The third-order valence-corrected chi connectivity index (χ3v) is 2.67. The molecule has 0 aliphatic carbocycles. The van der Waals surface area contributed by atoms with Crippen LogP contribution in [0.2, 0.25) is 0 Å². The van der Waals surface area contributed by atoms with Crippen LogP contribution < -0.4 is 0 Å². The van der Waals surface area contributed by atoms with Crippen LogP contribution in [-0.2, 0) is 4.74 Å². The van der Waals surface area contributed by atoms with Gasteiger partial charge in [-0.15, -0.1) is 0 Å². The highest BCUT2D eigenvalue weighted by atomic mass is 16.5. The molecule has 0 radical (unpaired) electrons. The number of nitrogens with zero attached hydrogens (tertiary/aromatic N) is 1. The van der Waals surface area contributed by atoms with Crippen LogP contribution in [0.4, 0.5) is 0 Å². The molecule has 0 saturated carbocycles. The summed E-state index contributed by atoms with van der Waals surface area (Å²) in [5.74, 6) is 0. The summed E-state index contributed by atoms with van der Waals surface area (Å²) in [6.07, 6.45) is 1.19. The summed E-state index contributed by atoms with van der Waals surface area (Å²) in [7, 11) is 1.76. The fourth-order valence-electron chi connectivity index (χ4n) is 1.31. The lowest BCUT2D eigenvalue weighted by Gasteiger charge is -2.37. The maximum atomic E-state index is 5.07. The number of likely N-dealkylation sites (N-methyl/N-ethyl adjacent to an activating group) is 1. The van der Waals surface area contributed by atoms with Gasteiger partial charge in [0.2, 0.25) is 0 Å². The first kappa shape index (κ1) is 16.4. The summed E-state index contributed by atoms with van der Waals surface area (Å²) in [5.41, 5.74) is 0.313. The van der Waals surface area contributed by atoms with Crippen molar-refractivity contribution in [3.8, 4) is 0 Å². The zero-order valence-electron chi connectivity index (χ0n) is 11.2. The number of hydrogen-bond donors (Lipinski definition) is 0. The monoisotopic (exact) mass is 203 g/mol. The second-order valence-corrected chi connectivity index (χ2v) is 3.74. The van der Waals surface area contributed by atoms with Crippen LogP contribution in [0.15, 0.2) is 0 Å². The van der Waals surface area contributed by atoms with Crippen molar-refractivity contribution in [1.82, 2.24) is 4.90 Å². The Labute approximate surface area is 90.6 Å². The smallest absolute Gasteiger partial charge is 0.0589 e. The van der Waals surface area contributed by atoms with E-state index in [9.17, 15) is 0 Å². The number of ether oxygens (including phenoxy) is 1. The van der Waals surface area contributed by atoms with Crippen molar-refractivity contribution in [3.63, 3.8) is 0 Å². The van der Waals surface area contributed by atoms with E-state index in [0.717, 1.165) is 19.7 Å². The van der Waals surface area contributed by atoms with Gasteiger partial charge in [-0.05, 0) is 26.8 Å². The summed E-state index contributed by atoms with van der Waals surface area (Å²) >= 11 is 0. The van der Waals surface area contributed by atoms with E-state index in [1.165, 1.54) is 6.42 Å². The fourth-order valence-corrected chi connectivity index (χ4v) is 1.31. The first-order chi connectivity index (χ1) is 6.58. The van der Waals surface area contributed by atoms with Crippen molar-refractivity contribution in [2.45, 2.75) is 53.5 Å². The largest absolute Gasteiger partial charge is 0.383 e. The lowest BCUT2D eigenvalue weighted by atomic mass is 9.99. The van der Waals surface area contributed by atoms with Gasteiger partial charge in [-0.2, -0.15) is 0 Å². The molecular weight excluding hydrogens is 174 g/mol. The van der Waals surface area contributed by atoms with Crippen molar-refractivity contribution in [1.29, 1.82) is 0 Å². The van der Waals surface area contributed by atoms with Crippen LogP contribution in [0.3, 0.4) is 0 Å². The van der Waals surface area contributed by atoms with Gasteiger partial charge >= 0.3 is 0 Å². The van der Waals surface area contributed by atoms with Gasteiger partial charge in [0.15, 0.2) is 0 Å². The summed E-state index contributed by atoms with van der Waals surface area (Å²) in [6.45, 7) is 16.0. The second kappa shape index (κ2) is 9.47. The summed E-state index contributed by atoms with van der Waals surface area (Å²) in [4.78, 5) is 2.45. The Hall–Kier alpha value is -0.0800. The molecule has 0 spiro atoms. The molecule has 0 rings (SSSR count). The minimum atomic E-state index is 0.313. The molecule has 0 saturated heterocycles. The van der Waals surface area contributed by atoms with E-state index in [1.807, 2.05) is 13.8 Å². The third-order valence-electron chi connectivity index (χ3n) is 2.67. The molecule has 0 unspecified atom stereocenters. The molecular formula is C12H29NO. The van der Waals surface area contributed by atoms with E-state index in [2.05, 4.69) is 32.6 Å². The van der Waals surface area contributed by atoms with Gasteiger partial charge in [0.05, 0.1) is 6.61 Å². The normalized spacial score (nSPS) is 11.1. The molecule has 0 fully saturated rings. The Kier molecular flexibility index (Phi) is 11.1. The molecule has 0 aliphatic heterocycles. The predicted octanol–water partition coefficient (Wildman–Crippen LogP) is 3.17. The van der Waals surface area contributed by atoms with Gasteiger partial charge in [-0.1, -0.05) is 27.7 Å². The average molecular weight is 203 g/mol. The van der Waals surface area contributed by atoms with Crippen LogP contribution in [0.1, 0.15) is 48.0 Å². The molecule has 0 N–H and O–H groups in total. The lowest BCUT2D eigenvalue weighted by molar-refractivity contribution is 0.0792. The highest BCUT2D eigenvalue weighted by molar-refractivity contribution is 4.78. The Bertz CT molecular complexity index is 113.